The SMILES string of the molecule is ClCC1COCCC1Cl. The average molecular weight is 169 g/mol. The Morgan fingerprint density at radius 2 is 2.33 bits per heavy atom. The first kappa shape index (κ1) is 7.64. The van der Waals surface area contributed by atoms with Crippen LogP contribution >= 0.6 is 23.2 Å². The molecule has 0 aromatic heterocycles. The number of rotatable bonds is 1. The van der Waals surface area contributed by atoms with E-state index in [1.807, 2.05) is 0 Å². The molecular weight excluding hydrogens is 159 g/mol. The lowest BCUT2D eigenvalue weighted by Crippen LogP contribution is -2.29. The molecule has 0 spiro atoms. The fraction of sp³-hybridized carbons (Fsp3) is 1.00. The molecule has 1 heterocycles. The van der Waals surface area contributed by atoms with Crippen molar-refractivity contribution in [2.45, 2.75) is 11.8 Å². The summed E-state index contributed by atoms with van der Waals surface area (Å²) in [6.07, 6.45) is 0.943. The van der Waals surface area contributed by atoms with Crippen LogP contribution in [0.2, 0.25) is 0 Å². The minimum absolute atomic E-state index is 0.233. The number of ether oxygens (including phenoxy) is 1. The summed E-state index contributed by atoms with van der Waals surface area (Å²) in [5.74, 6) is 0.982. The molecule has 0 aliphatic carbocycles. The fourth-order valence-electron chi connectivity index (χ4n) is 0.912. The first-order valence-corrected chi connectivity index (χ1v) is 4.09. The fourth-order valence-corrected chi connectivity index (χ4v) is 1.56. The number of halogens is 2. The molecule has 54 valence electrons. The van der Waals surface area contributed by atoms with Gasteiger partial charge in [-0.05, 0) is 6.42 Å². The van der Waals surface area contributed by atoms with Gasteiger partial charge in [0.25, 0.3) is 0 Å². The highest BCUT2D eigenvalue weighted by Crippen LogP contribution is 2.20. The molecule has 0 N–H and O–H groups in total. The largest absolute Gasteiger partial charge is 0.381 e. The average Bonchev–Trinajstić information content (AvgIpc) is 1.89. The Balaban J connectivity index is 2.30. The van der Waals surface area contributed by atoms with Gasteiger partial charge in [-0.3, -0.25) is 0 Å². The first-order valence-electron chi connectivity index (χ1n) is 3.12. The first-order chi connectivity index (χ1) is 4.34. The topological polar surface area (TPSA) is 9.23 Å². The van der Waals surface area contributed by atoms with Crippen LogP contribution in [0.4, 0.5) is 0 Å². The van der Waals surface area contributed by atoms with Crippen molar-refractivity contribution in [1.82, 2.24) is 0 Å². The molecule has 1 rings (SSSR count). The van der Waals surface area contributed by atoms with Gasteiger partial charge in [0.2, 0.25) is 0 Å². The van der Waals surface area contributed by atoms with E-state index in [9.17, 15) is 0 Å². The van der Waals surface area contributed by atoms with E-state index in [4.69, 9.17) is 27.9 Å². The molecule has 0 radical (unpaired) electrons. The zero-order valence-electron chi connectivity index (χ0n) is 5.15. The predicted molar refractivity (Wildman–Crippen MR) is 39.3 cm³/mol. The molecule has 0 aromatic carbocycles. The van der Waals surface area contributed by atoms with Gasteiger partial charge in [0, 0.05) is 23.8 Å². The maximum absolute atomic E-state index is 5.92. The van der Waals surface area contributed by atoms with E-state index in [-0.39, 0.29) is 5.38 Å². The van der Waals surface area contributed by atoms with E-state index in [0.29, 0.717) is 11.8 Å². The third-order valence-electron chi connectivity index (χ3n) is 1.58. The Morgan fingerprint density at radius 1 is 1.56 bits per heavy atom. The maximum atomic E-state index is 5.92. The van der Waals surface area contributed by atoms with Crippen molar-refractivity contribution in [1.29, 1.82) is 0 Å². The summed E-state index contributed by atoms with van der Waals surface area (Å²) in [6.45, 7) is 1.53. The second-order valence-electron chi connectivity index (χ2n) is 2.29. The standard InChI is InChI=1S/C6H10Cl2O/c7-3-5-4-9-2-1-6(5)8/h5-6H,1-4H2. The van der Waals surface area contributed by atoms with Gasteiger partial charge in [-0.25, -0.2) is 0 Å². The molecule has 0 bridgehead atoms. The van der Waals surface area contributed by atoms with Crippen LogP contribution in [-0.2, 0) is 4.74 Å². The molecule has 0 amide bonds. The highest BCUT2D eigenvalue weighted by Gasteiger charge is 2.22. The Morgan fingerprint density at radius 3 is 2.78 bits per heavy atom. The van der Waals surface area contributed by atoms with Crippen LogP contribution in [0.1, 0.15) is 6.42 Å². The van der Waals surface area contributed by atoms with Gasteiger partial charge < -0.3 is 4.74 Å². The summed E-state index contributed by atoms with van der Waals surface area (Å²) in [6, 6.07) is 0. The van der Waals surface area contributed by atoms with Crippen molar-refractivity contribution >= 4 is 23.2 Å². The van der Waals surface area contributed by atoms with E-state index < -0.39 is 0 Å². The Kier molecular flexibility index (Phi) is 3.10. The van der Waals surface area contributed by atoms with Crippen LogP contribution in [0.25, 0.3) is 0 Å². The molecule has 3 heteroatoms. The highest BCUT2D eigenvalue weighted by atomic mass is 35.5. The van der Waals surface area contributed by atoms with E-state index in [2.05, 4.69) is 0 Å². The van der Waals surface area contributed by atoms with Gasteiger partial charge in [-0.2, -0.15) is 0 Å². The molecule has 0 aromatic rings. The second-order valence-corrected chi connectivity index (χ2v) is 3.16. The summed E-state index contributed by atoms with van der Waals surface area (Å²) >= 11 is 11.5. The van der Waals surface area contributed by atoms with E-state index >= 15 is 0 Å². The van der Waals surface area contributed by atoms with Crippen LogP contribution < -0.4 is 0 Å². The van der Waals surface area contributed by atoms with Gasteiger partial charge in [0.15, 0.2) is 0 Å². The molecule has 1 saturated heterocycles. The normalized spacial score (nSPS) is 36.7. The summed E-state index contributed by atoms with van der Waals surface area (Å²) in [7, 11) is 0. The lowest BCUT2D eigenvalue weighted by molar-refractivity contribution is 0.0654. The smallest absolute Gasteiger partial charge is 0.0519 e. The second kappa shape index (κ2) is 3.65. The number of hydrogen-bond donors (Lipinski definition) is 0. The van der Waals surface area contributed by atoms with E-state index in [0.717, 1.165) is 19.6 Å². The van der Waals surface area contributed by atoms with Crippen LogP contribution in [0.5, 0.6) is 0 Å². The maximum Gasteiger partial charge on any atom is 0.0519 e. The minimum atomic E-state index is 0.233. The molecule has 1 aliphatic rings. The molecule has 2 unspecified atom stereocenters. The van der Waals surface area contributed by atoms with Gasteiger partial charge in [-0.1, -0.05) is 0 Å². The lowest BCUT2D eigenvalue weighted by Gasteiger charge is -2.24. The predicted octanol–water partition coefficient (Wildman–Crippen LogP) is 1.87. The monoisotopic (exact) mass is 168 g/mol. The number of hydrogen-bond acceptors (Lipinski definition) is 1. The van der Waals surface area contributed by atoms with Crippen molar-refractivity contribution in [2.75, 3.05) is 19.1 Å². The van der Waals surface area contributed by atoms with Crippen molar-refractivity contribution in [2.24, 2.45) is 5.92 Å². The molecule has 9 heavy (non-hydrogen) atoms. The van der Waals surface area contributed by atoms with Crippen molar-refractivity contribution in [3.63, 3.8) is 0 Å². The molecular formula is C6H10Cl2O. The summed E-state index contributed by atoms with van der Waals surface area (Å²) < 4.78 is 5.17. The quantitative estimate of drug-likeness (QED) is 0.544. The van der Waals surface area contributed by atoms with Gasteiger partial charge in [0.1, 0.15) is 0 Å². The Hall–Kier alpha value is 0.540. The van der Waals surface area contributed by atoms with Crippen molar-refractivity contribution < 1.29 is 4.74 Å². The molecule has 1 nitrogen and oxygen atoms in total. The molecule has 0 saturated carbocycles. The van der Waals surface area contributed by atoms with Gasteiger partial charge >= 0.3 is 0 Å². The Bertz CT molecular complexity index is 87.1. The summed E-state index contributed by atoms with van der Waals surface area (Å²) in [5, 5.41) is 0.233. The zero-order chi connectivity index (χ0) is 6.69. The highest BCUT2D eigenvalue weighted by molar-refractivity contribution is 6.22. The zero-order valence-corrected chi connectivity index (χ0v) is 6.66. The van der Waals surface area contributed by atoms with Gasteiger partial charge in [0.05, 0.1) is 6.61 Å². The lowest BCUT2D eigenvalue weighted by atomic mass is 10.0. The van der Waals surface area contributed by atoms with Crippen molar-refractivity contribution in [3.05, 3.63) is 0 Å². The molecule has 1 aliphatic heterocycles. The van der Waals surface area contributed by atoms with Crippen LogP contribution in [0, 0.1) is 5.92 Å². The van der Waals surface area contributed by atoms with Crippen LogP contribution in [-0.4, -0.2) is 24.5 Å². The molecule has 1 fully saturated rings. The van der Waals surface area contributed by atoms with E-state index in [1.165, 1.54) is 0 Å². The number of alkyl halides is 2. The minimum Gasteiger partial charge on any atom is -0.381 e. The molecule has 2 atom stereocenters. The third kappa shape index (κ3) is 1.99. The Labute approximate surface area is 65.3 Å². The third-order valence-corrected chi connectivity index (χ3v) is 2.55. The summed E-state index contributed by atoms with van der Waals surface area (Å²) in [4.78, 5) is 0. The van der Waals surface area contributed by atoms with Crippen molar-refractivity contribution in [3.8, 4) is 0 Å². The van der Waals surface area contributed by atoms with Gasteiger partial charge in [-0.15, -0.1) is 23.2 Å². The van der Waals surface area contributed by atoms with Crippen LogP contribution in [0.15, 0.2) is 0 Å². The van der Waals surface area contributed by atoms with E-state index in [1.54, 1.807) is 0 Å². The van der Waals surface area contributed by atoms with Crippen LogP contribution in [0.3, 0.4) is 0 Å². The summed E-state index contributed by atoms with van der Waals surface area (Å²) in [5.41, 5.74) is 0.